The van der Waals surface area contributed by atoms with Crippen molar-refractivity contribution in [3.05, 3.63) is 0 Å². The molecule has 0 bridgehead atoms. The zero-order chi connectivity index (χ0) is 7.98. The average Bonchev–Trinajstić information content (AvgIpc) is 1.87. The molecular formula is C7H10O3. The number of ether oxygens (including phenoxy) is 1. The monoisotopic (exact) mass is 142 g/mol. The Balaban J connectivity index is 3.22. The molecule has 0 radical (unpaired) electrons. The summed E-state index contributed by atoms with van der Waals surface area (Å²) >= 11 is 0. The Morgan fingerprint density at radius 2 is 2.50 bits per heavy atom. The van der Waals surface area contributed by atoms with Crippen LogP contribution in [0, 0.1) is 12.3 Å². The van der Waals surface area contributed by atoms with Crippen LogP contribution >= 0.6 is 0 Å². The van der Waals surface area contributed by atoms with Crippen molar-refractivity contribution in [3.63, 3.8) is 0 Å². The molecule has 0 aliphatic rings. The Bertz CT molecular complexity index is 145. The van der Waals surface area contributed by atoms with Gasteiger partial charge in [0.15, 0.2) is 0 Å². The van der Waals surface area contributed by atoms with Crippen LogP contribution in [0.1, 0.15) is 13.3 Å². The summed E-state index contributed by atoms with van der Waals surface area (Å²) < 4.78 is 4.88. The van der Waals surface area contributed by atoms with Crippen molar-refractivity contribution in [1.82, 2.24) is 0 Å². The highest BCUT2D eigenvalue weighted by molar-refractivity contribution is 5.66. The highest BCUT2D eigenvalue weighted by Crippen LogP contribution is 1.89. The zero-order valence-corrected chi connectivity index (χ0v) is 5.83. The second-order valence-electron chi connectivity index (χ2n) is 1.82. The van der Waals surface area contributed by atoms with E-state index in [9.17, 15) is 4.79 Å². The summed E-state index contributed by atoms with van der Waals surface area (Å²) in [7, 11) is 0. The van der Waals surface area contributed by atoms with E-state index in [4.69, 9.17) is 16.3 Å². The van der Waals surface area contributed by atoms with Crippen molar-refractivity contribution < 1.29 is 14.6 Å². The summed E-state index contributed by atoms with van der Waals surface area (Å²) in [6.07, 6.45) is 4.68. The van der Waals surface area contributed by atoms with Crippen LogP contribution in [-0.2, 0) is 9.53 Å². The fraction of sp³-hybridized carbons (Fsp3) is 0.571. The third kappa shape index (κ3) is 5.13. The Morgan fingerprint density at radius 3 is 2.90 bits per heavy atom. The summed E-state index contributed by atoms with van der Waals surface area (Å²) in [5, 5.41) is 8.17. The normalized spacial score (nSPS) is 12.0. The molecule has 0 saturated heterocycles. The van der Waals surface area contributed by atoms with Gasteiger partial charge < -0.3 is 9.84 Å². The number of carbonyl (C=O) groups is 1. The van der Waals surface area contributed by atoms with Gasteiger partial charge in [-0.15, -0.1) is 6.42 Å². The largest absolute Gasteiger partial charge is 0.481 e. The van der Waals surface area contributed by atoms with Gasteiger partial charge in [-0.2, -0.15) is 0 Å². The zero-order valence-electron chi connectivity index (χ0n) is 5.83. The van der Waals surface area contributed by atoms with E-state index in [0.717, 1.165) is 0 Å². The first-order valence-corrected chi connectivity index (χ1v) is 2.96. The lowest BCUT2D eigenvalue weighted by atomic mass is 10.4. The van der Waals surface area contributed by atoms with E-state index >= 15 is 0 Å². The van der Waals surface area contributed by atoms with Crippen LogP contribution in [-0.4, -0.2) is 23.8 Å². The molecule has 0 amide bonds. The molecule has 0 fully saturated rings. The molecule has 1 atom stereocenters. The maximum atomic E-state index is 9.94. The molecule has 56 valence electrons. The van der Waals surface area contributed by atoms with Crippen LogP contribution in [0.3, 0.4) is 0 Å². The molecule has 0 saturated carbocycles. The molecule has 0 heterocycles. The number of hydrogen-bond acceptors (Lipinski definition) is 2. The topological polar surface area (TPSA) is 46.5 Å². The van der Waals surface area contributed by atoms with Gasteiger partial charge >= 0.3 is 5.97 Å². The molecule has 10 heavy (non-hydrogen) atoms. The van der Waals surface area contributed by atoms with Gasteiger partial charge in [0.25, 0.3) is 0 Å². The third-order valence-electron chi connectivity index (χ3n) is 0.918. The lowest BCUT2D eigenvalue weighted by Gasteiger charge is -2.03. The van der Waals surface area contributed by atoms with E-state index in [2.05, 4.69) is 5.92 Å². The highest BCUT2D eigenvalue weighted by Gasteiger charge is 1.98. The van der Waals surface area contributed by atoms with Crippen LogP contribution in [0.4, 0.5) is 0 Å². The molecule has 1 N–H and O–H groups in total. The first kappa shape index (κ1) is 8.99. The highest BCUT2D eigenvalue weighted by atomic mass is 16.5. The number of aliphatic carboxylic acids is 1. The van der Waals surface area contributed by atoms with E-state index in [-0.39, 0.29) is 19.1 Å². The molecular weight excluding hydrogens is 132 g/mol. The van der Waals surface area contributed by atoms with Crippen molar-refractivity contribution >= 4 is 5.97 Å². The Hall–Kier alpha value is -1.01. The third-order valence-corrected chi connectivity index (χ3v) is 0.918. The predicted octanol–water partition coefficient (Wildman–Crippen LogP) is 0.499. The van der Waals surface area contributed by atoms with Crippen molar-refractivity contribution in [2.45, 2.75) is 19.4 Å². The van der Waals surface area contributed by atoms with Crippen LogP contribution in [0.2, 0.25) is 0 Å². The number of carboxylic acid groups (broad SMARTS) is 1. The smallest absolute Gasteiger partial charge is 0.305 e. The maximum absolute atomic E-state index is 9.94. The molecule has 0 rings (SSSR count). The predicted molar refractivity (Wildman–Crippen MR) is 36.5 cm³/mol. The van der Waals surface area contributed by atoms with Gasteiger partial charge in [0.2, 0.25) is 0 Å². The SMILES string of the molecule is C#CC(C)OCCC(=O)O. The van der Waals surface area contributed by atoms with Gasteiger partial charge in [0.1, 0.15) is 6.10 Å². The second kappa shape index (κ2) is 4.83. The number of terminal acetylenes is 1. The van der Waals surface area contributed by atoms with Crippen LogP contribution < -0.4 is 0 Å². The number of rotatable bonds is 4. The van der Waals surface area contributed by atoms with Crippen LogP contribution in [0.5, 0.6) is 0 Å². The summed E-state index contributed by atoms with van der Waals surface area (Å²) in [5.74, 6) is 1.45. The van der Waals surface area contributed by atoms with Crippen molar-refractivity contribution in [2.75, 3.05) is 6.61 Å². The van der Waals surface area contributed by atoms with Gasteiger partial charge in [0, 0.05) is 0 Å². The fourth-order valence-corrected chi connectivity index (χ4v) is 0.371. The Kier molecular flexibility index (Phi) is 4.34. The summed E-state index contributed by atoms with van der Waals surface area (Å²) in [6, 6.07) is 0. The molecule has 0 aliphatic carbocycles. The summed E-state index contributed by atoms with van der Waals surface area (Å²) in [4.78, 5) is 9.94. The van der Waals surface area contributed by atoms with Gasteiger partial charge in [-0.1, -0.05) is 5.92 Å². The second-order valence-corrected chi connectivity index (χ2v) is 1.82. The lowest BCUT2D eigenvalue weighted by molar-refractivity contribution is -0.138. The van der Waals surface area contributed by atoms with E-state index < -0.39 is 5.97 Å². The minimum Gasteiger partial charge on any atom is -0.481 e. The molecule has 0 aromatic rings. The quantitative estimate of drug-likeness (QED) is 0.581. The molecule has 1 unspecified atom stereocenters. The van der Waals surface area contributed by atoms with Crippen molar-refractivity contribution in [2.24, 2.45) is 0 Å². The average molecular weight is 142 g/mol. The van der Waals surface area contributed by atoms with Crippen molar-refractivity contribution in [1.29, 1.82) is 0 Å². The lowest BCUT2D eigenvalue weighted by Crippen LogP contribution is -2.09. The first-order valence-electron chi connectivity index (χ1n) is 2.96. The summed E-state index contributed by atoms with van der Waals surface area (Å²) in [5.41, 5.74) is 0. The molecule has 0 aromatic carbocycles. The summed E-state index contributed by atoms with van der Waals surface area (Å²) in [6.45, 7) is 1.88. The fourth-order valence-electron chi connectivity index (χ4n) is 0.371. The Labute approximate surface area is 60.0 Å². The van der Waals surface area contributed by atoms with Gasteiger partial charge in [-0.05, 0) is 6.92 Å². The first-order chi connectivity index (χ1) is 4.66. The van der Waals surface area contributed by atoms with Crippen molar-refractivity contribution in [3.8, 4) is 12.3 Å². The molecule has 0 spiro atoms. The maximum Gasteiger partial charge on any atom is 0.305 e. The minimum atomic E-state index is -0.871. The molecule has 3 nitrogen and oxygen atoms in total. The number of carboxylic acids is 1. The van der Waals surface area contributed by atoms with Gasteiger partial charge in [0.05, 0.1) is 13.0 Å². The van der Waals surface area contributed by atoms with Crippen LogP contribution in [0.25, 0.3) is 0 Å². The molecule has 3 heteroatoms. The van der Waals surface area contributed by atoms with E-state index in [1.54, 1.807) is 6.92 Å². The standard InChI is InChI=1S/C7H10O3/c1-3-6(2)10-5-4-7(8)9/h1,6H,4-5H2,2H3,(H,8,9). The molecule has 0 aromatic heterocycles. The van der Waals surface area contributed by atoms with Crippen LogP contribution in [0.15, 0.2) is 0 Å². The van der Waals surface area contributed by atoms with Gasteiger partial charge in [-0.3, -0.25) is 4.79 Å². The number of hydrogen-bond donors (Lipinski definition) is 1. The minimum absolute atomic E-state index is 0.00597. The Morgan fingerprint density at radius 1 is 1.90 bits per heavy atom. The van der Waals surface area contributed by atoms with E-state index in [1.807, 2.05) is 0 Å². The van der Waals surface area contributed by atoms with Gasteiger partial charge in [-0.25, -0.2) is 0 Å². The van der Waals surface area contributed by atoms with E-state index in [1.165, 1.54) is 0 Å². The van der Waals surface area contributed by atoms with E-state index in [0.29, 0.717) is 0 Å². The molecule has 0 aliphatic heterocycles.